The number of fused-ring (bicyclic) bond motifs is 2. The predicted molar refractivity (Wildman–Crippen MR) is 137 cm³/mol. The molecule has 6 nitrogen and oxygen atoms in total. The minimum atomic E-state index is -0.774. The fraction of sp³-hybridized carbons (Fsp3) is 0.276. The maximum Gasteiger partial charge on any atom is 0.248 e. The van der Waals surface area contributed by atoms with Crippen LogP contribution in [0.15, 0.2) is 83.7 Å². The smallest absolute Gasteiger partial charge is 0.248 e. The fourth-order valence-electron chi connectivity index (χ4n) is 5.07. The number of aromatic nitrogens is 1. The lowest BCUT2D eigenvalue weighted by molar-refractivity contribution is 0.0949. The van der Waals surface area contributed by atoms with E-state index in [1.807, 2.05) is 42.5 Å². The van der Waals surface area contributed by atoms with Crippen molar-refractivity contribution >= 4 is 10.9 Å². The highest BCUT2D eigenvalue weighted by Gasteiger charge is 2.37. The first-order valence-electron chi connectivity index (χ1n) is 11.9. The van der Waals surface area contributed by atoms with Crippen molar-refractivity contribution in [1.29, 1.82) is 0 Å². The molecule has 1 aliphatic rings. The van der Waals surface area contributed by atoms with E-state index in [9.17, 15) is 9.90 Å². The molecule has 180 valence electrons. The molecule has 0 aliphatic heterocycles. The van der Waals surface area contributed by atoms with E-state index in [1.54, 1.807) is 13.2 Å². The van der Waals surface area contributed by atoms with Crippen molar-refractivity contribution in [2.45, 2.75) is 31.1 Å². The van der Waals surface area contributed by atoms with Gasteiger partial charge in [0.1, 0.15) is 12.4 Å². The van der Waals surface area contributed by atoms with Gasteiger partial charge in [-0.1, -0.05) is 60.7 Å². The van der Waals surface area contributed by atoms with Gasteiger partial charge in [-0.3, -0.25) is 4.79 Å². The molecule has 1 heterocycles. The zero-order valence-corrected chi connectivity index (χ0v) is 19.8. The number of methoxy groups -OCH3 is 1. The number of hydrogen-bond donors (Lipinski definition) is 3. The number of ether oxygens (including phenoxy) is 2. The molecule has 0 fully saturated rings. The summed E-state index contributed by atoms with van der Waals surface area (Å²) in [5, 5.41) is 15.6. The monoisotopic (exact) mass is 470 g/mol. The van der Waals surface area contributed by atoms with Gasteiger partial charge in [0.2, 0.25) is 5.56 Å². The number of rotatable bonds is 9. The van der Waals surface area contributed by atoms with E-state index in [0.717, 1.165) is 29.4 Å². The van der Waals surface area contributed by atoms with E-state index in [1.165, 1.54) is 17.2 Å². The molecule has 1 aliphatic carbocycles. The van der Waals surface area contributed by atoms with Gasteiger partial charge in [0.15, 0.2) is 0 Å². The highest BCUT2D eigenvalue weighted by atomic mass is 16.5. The zero-order chi connectivity index (χ0) is 24.3. The summed E-state index contributed by atoms with van der Waals surface area (Å²) in [7, 11) is 1.71. The maximum atomic E-state index is 12.1. The number of pyridine rings is 1. The SMILES string of the molecule is COCC1(NCC(O)c2ccc(OCc3ccccc3)c3[nH]c(=O)ccc23)Cc2ccccc2C1. The van der Waals surface area contributed by atoms with Crippen LogP contribution in [0.5, 0.6) is 5.75 Å². The third-order valence-corrected chi connectivity index (χ3v) is 6.75. The van der Waals surface area contributed by atoms with Crippen molar-refractivity contribution < 1.29 is 14.6 Å². The first kappa shape index (κ1) is 23.3. The number of aliphatic hydroxyl groups excluding tert-OH is 1. The summed E-state index contributed by atoms with van der Waals surface area (Å²) in [4.78, 5) is 15.0. The van der Waals surface area contributed by atoms with Crippen molar-refractivity contribution in [3.05, 3.63) is 111 Å². The average molecular weight is 471 g/mol. The Morgan fingerprint density at radius 1 is 0.971 bits per heavy atom. The van der Waals surface area contributed by atoms with Crippen LogP contribution in [0, 0.1) is 0 Å². The van der Waals surface area contributed by atoms with Gasteiger partial charge in [-0.05, 0) is 47.2 Å². The molecule has 1 unspecified atom stereocenters. The van der Waals surface area contributed by atoms with Gasteiger partial charge in [-0.15, -0.1) is 0 Å². The van der Waals surface area contributed by atoms with Gasteiger partial charge >= 0.3 is 0 Å². The quantitative estimate of drug-likeness (QED) is 0.345. The molecule has 4 aromatic rings. The zero-order valence-electron chi connectivity index (χ0n) is 19.8. The van der Waals surface area contributed by atoms with E-state index in [-0.39, 0.29) is 11.1 Å². The molecule has 35 heavy (non-hydrogen) atoms. The molecule has 6 heteroatoms. The van der Waals surface area contributed by atoms with Crippen LogP contribution in [-0.2, 0) is 24.2 Å². The molecule has 0 bridgehead atoms. The third-order valence-electron chi connectivity index (χ3n) is 6.75. The van der Waals surface area contributed by atoms with Crippen molar-refractivity contribution in [3.8, 4) is 5.75 Å². The van der Waals surface area contributed by atoms with Gasteiger partial charge in [-0.2, -0.15) is 0 Å². The molecule has 3 N–H and O–H groups in total. The molecule has 0 spiro atoms. The van der Waals surface area contributed by atoms with Crippen LogP contribution < -0.4 is 15.6 Å². The third kappa shape index (κ3) is 5.00. The van der Waals surface area contributed by atoms with Gasteiger partial charge in [0.05, 0.1) is 18.2 Å². The van der Waals surface area contributed by atoms with Crippen LogP contribution in [0.4, 0.5) is 0 Å². The molecule has 0 amide bonds. The Balaban J connectivity index is 1.37. The number of H-pyrrole nitrogens is 1. The number of benzene rings is 3. The lowest BCUT2D eigenvalue weighted by atomic mass is 9.95. The topological polar surface area (TPSA) is 83.6 Å². The summed E-state index contributed by atoms with van der Waals surface area (Å²) in [5.74, 6) is 0.576. The lowest BCUT2D eigenvalue weighted by Crippen LogP contribution is -2.51. The summed E-state index contributed by atoms with van der Waals surface area (Å²) < 4.78 is 11.6. The van der Waals surface area contributed by atoms with Gasteiger partial charge in [0, 0.05) is 30.6 Å². The molecular weight excluding hydrogens is 440 g/mol. The largest absolute Gasteiger partial charge is 0.487 e. The second-order valence-electron chi connectivity index (χ2n) is 9.27. The van der Waals surface area contributed by atoms with E-state index in [2.05, 4.69) is 34.6 Å². The Labute approximate surface area is 204 Å². The molecule has 0 saturated carbocycles. The summed E-state index contributed by atoms with van der Waals surface area (Å²) in [6, 6.07) is 25.2. The highest BCUT2D eigenvalue weighted by molar-refractivity contribution is 5.87. The molecular formula is C29H30N2O4. The van der Waals surface area contributed by atoms with Gasteiger partial charge < -0.3 is 24.9 Å². The molecule has 3 aromatic carbocycles. The van der Waals surface area contributed by atoms with Gasteiger partial charge in [0.25, 0.3) is 0 Å². The second-order valence-corrected chi connectivity index (χ2v) is 9.27. The van der Waals surface area contributed by atoms with Crippen LogP contribution in [0.1, 0.15) is 28.4 Å². The summed E-state index contributed by atoms with van der Waals surface area (Å²) >= 11 is 0. The van der Waals surface area contributed by atoms with Crippen LogP contribution >= 0.6 is 0 Å². The number of hydrogen-bond acceptors (Lipinski definition) is 5. The van der Waals surface area contributed by atoms with Crippen molar-refractivity contribution in [1.82, 2.24) is 10.3 Å². The number of β-amino-alcohol motifs (C(OH)–C–C–N with tert-alkyl or cyclic N) is 1. The summed E-state index contributed by atoms with van der Waals surface area (Å²) in [5.41, 5.74) is 4.51. The summed E-state index contributed by atoms with van der Waals surface area (Å²) in [6.45, 7) is 1.29. The number of aliphatic hydroxyl groups is 1. The first-order valence-corrected chi connectivity index (χ1v) is 11.9. The fourth-order valence-corrected chi connectivity index (χ4v) is 5.07. The Morgan fingerprint density at radius 2 is 1.69 bits per heavy atom. The first-order chi connectivity index (χ1) is 17.1. The molecule has 0 radical (unpaired) electrons. The van der Waals surface area contributed by atoms with Crippen LogP contribution in [-0.4, -0.2) is 35.9 Å². The molecule has 5 rings (SSSR count). The number of nitrogens with one attached hydrogen (secondary N) is 2. The normalized spacial score (nSPS) is 15.1. The van der Waals surface area contributed by atoms with Crippen LogP contribution in [0.25, 0.3) is 10.9 Å². The minimum Gasteiger partial charge on any atom is -0.487 e. The van der Waals surface area contributed by atoms with E-state index in [4.69, 9.17) is 9.47 Å². The number of aromatic amines is 1. The summed E-state index contributed by atoms with van der Waals surface area (Å²) in [6.07, 6.45) is 0.928. The highest BCUT2D eigenvalue weighted by Crippen LogP contribution is 2.33. The molecule has 1 atom stereocenters. The van der Waals surface area contributed by atoms with Crippen LogP contribution in [0.3, 0.4) is 0 Å². The van der Waals surface area contributed by atoms with Crippen LogP contribution in [0.2, 0.25) is 0 Å². The Hall–Kier alpha value is -3.45. The maximum absolute atomic E-state index is 12.1. The Bertz CT molecular complexity index is 1340. The minimum absolute atomic E-state index is 0.213. The Morgan fingerprint density at radius 3 is 2.40 bits per heavy atom. The lowest BCUT2D eigenvalue weighted by Gasteiger charge is -2.31. The second kappa shape index (κ2) is 10.0. The molecule has 0 saturated heterocycles. The van der Waals surface area contributed by atoms with E-state index < -0.39 is 6.10 Å². The standard InChI is InChI=1S/C29H30N2O4/c1-34-19-29(15-21-9-5-6-10-22(21)16-29)30-17-25(32)23-11-13-26(28-24(23)12-14-27(33)31-28)35-18-20-7-3-2-4-8-20/h2-14,25,30,32H,15-19H2,1H3,(H,31,33). The molecule has 1 aromatic heterocycles. The van der Waals surface area contributed by atoms with Crippen molar-refractivity contribution in [2.24, 2.45) is 0 Å². The Kier molecular flexibility index (Phi) is 6.68. The average Bonchev–Trinajstić information content (AvgIpc) is 3.25. The van der Waals surface area contributed by atoms with Crippen molar-refractivity contribution in [2.75, 3.05) is 20.3 Å². The van der Waals surface area contributed by atoms with Gasteiger partial charge in [-0.25, -0.2) is 0 Å². The van der Waals surface area contributed by atoms with E-state index >= 15 is 0 Å². The predicted octanol–water partition coefficient (Wildman–Crippen LogP) is 3.91. The van der Waals surface area contributed by atoms with E-state index in [0.29, 0.717) is 31.0 Å². The van der Waals surface area contributed by atoms with Crippen molar-refractivity contribution in [3.63, 3.8) is 0 Å².